The molecule has 0 aromatic carbocycles. The van der Waals surface area contributed by atoms with Crippen molar-refractivity contribution in [1.29, 1.82) is 0 Å². The highest BCUT2D eigenvalue weighted by Gasteiger charge is 2.22. The number of rotatable bonds is 26. The van der Waals surface area contributed by atoms with Crippen LogP contribution >= 0.6 is 7.82 Å². The predicted molar refractivity (Wildman–Crippen MR) is 146 cm³/mol. The minimum Gasteiger partial charge on any atom is -0.462 e. The van der Waals surface area contributed by atoms with Gasteiger partial charge in [0, 0.05) is 26.3 Å². The summed E-state index contributed by atoms with van der Waals surface area (Å²) in [6, 6.07) is 0. The number of phosphoric acid groups is 1. The highest BCUT2D eigenvalue weighted by Crippen LogP contribution is 2.35. The lowest BCUT2D eigenvalue weighted by atomic mass is 10.1. The van der Waals surface area contributed by atoms with Crippen LogP contribution in [0.4, 0.5) is 0 Å². The highest BCUT2D eigenvalue weighted by molar-refractivity contribution is 7.46. The van der Waals surface area contributed by atoms with Gasteiger partial charge in [-0.1, -0.05) is 90.4 Å². The average molecular weight is 566 g/mol. The van der Waals surface area contributed by atoms with Crippen LogP contribution in [-0.4, -0.2) is 53.5 Å². The number of phosphoric ester groups is 1. The Kier molecular flexibility index (Phi) is 23.6. The summed E-state index contributed by atoms with van der Waals surface area (Å²) in [7, 11) is -4.75. The van der Waals surface area contributed by atoms with Crippen LogP contribution in [0.2, 0.25) is 0 Å². The maximum absolute atomic E-state index is 12.2. The van der Waals surface area contributed by atoms with Crippen molar-refractivity contribution in [2.75, 3.05) is 19.8 Å². The zero-order valence-electron chi connectivity index (χ0n) is 23.6. The molecule has 38 heavy (non-hydrogen) atoms. The highest BCUT2D eigenvalue weighted by atomic mass is 31.2. The molecule has 10 nitrogen and oxygen atoms in total. The molecule has 0 bridgehead atoms. The van der Waals surface area contributed by atoms with Crippen molar-refractivity contribution in [2.24, 2.45) is 0 Å². The van der Waals surface area contributed by atoms with Gasteiger partial charge in [0.25, 0.3) is 0 Å². The van der Waals surface area contributed by atoms with Gasteiger partial charge in [-0.3, -0.25) is 18.9 Å². The van der Waals surface area contributed by atoms with Crippen molar-refractivity contribution < 1.29 is 42.7 Å². The number of ether oxygens (including phenoxy) is 2. The molecule has 0 aliphatic heterocycles. The lowest BCUT2D eigenvalue weighted by molar-refractivity contribution is -0.161. The van der Waals surface area contributed by atoms with Crippen LogP contribution < -0.4 is 5.32 Å². The van der Waals surface area contributed by atoms with Gasteiger partial charge >= 0.3 is 19.8 Å². The summed E-state index contributed by atoms with van der Waals surface area (Å²) in [6.07, 6.45) is 16.3. The number of carbonyl (C=O) groups excluding carboxylic acids is 3. The molecule has 0 unspecified atom stereocenters. The second-order valence-corrected chi connectivity index (χ2v) is 11.1. The number of amides is 1. The molecule has 0 fully saturated rings. The second-order valence-electron chi connectivity index (χ2n) is 9.87. The monoisotopic (exact) mass is 565 g/mol. The van der Waals surface area contributed by atoms with E-state index in [-0.39, 0.29) is 25.4 Å². The van der Waals surface area contributed by atoms with Gasteiger partial charge in [0.1, 0.15) is 6.61 Å². The molecule has 11 heteroatoms. The fourth-order valence-corrected chi connectivity index (χ4v) is 4.28. The molecule has 0 rings (SSSR count). The number of esters is 2. The Morgan fingerprint density at radius 1 is 0.711 bits per heavy atom. The van der Waals surface area contributed by atoms with E-state index in [1.54, 1.807) is 0 Å². The maximum atomic E-state index is 12.2. The van der Waals surface area contributed by atoms with Gasteiger partial charge in [0.2, 0.25) is 5.91 Å². The third-order valence-electron chi connectivity index (χ3n) is 6.07. The summed E-state index contributed by atoms with van der Waals surface area (Å²) in [5.74, 6) is -1.02. The molecule has 1 amide bonds. The second kappa shape index (κ2) is 24.6. The topological polar surface area (TPSA) is 148 Å². The first-order valence-corrected chi connectivity index (χ1v) is 16.0. The quantitative estimate of drug-likeness (QED) is 0.0679. The Bertz CT molecular complexity index is 669. The van der Waals surface area contributed by atoms with Crippen molar-refractivity contribution in [1.82, 2.24) is 5.32 Å². The summed E-state index contributed by atoms with van der Waals surface area (Å²) in [5, 5.41) is 2.74. The Labute approximate surface area is 229 Å². The molecule has 0 radical (unpaired) electrons. The van der Waals surface area contributed by atoms with Crippen LogP contribution in [-0.2, 0) is 32.9 Å². The van der Waals surface area contributed by atoms with Crippen molar-refractivity contribution in [3.05, 3.63) is 0 Å². The van der Waals surface area contributed by atoms with Gasteiger partial charge in [-0.25, -0.2) is 4.57 Å². The lowest BCUT2D eigenvalue weighted by Gasteiger charge is -2.18. The van der Waals surface area contributed by atoms with Gasteiger partial charge < -0.3 is 24.6 Å². The van der Waals surface area contributed by atoms with Crippen molar-refractivity contribution in [3.8, 4) is 0 Å². The smallest absolute Gasteiger partial charge is 0.462 e. The summed E-state index contributed by atoms with van der Waals surface area (Å²) in [6.45, 7) is 3.46. The first-order valence-electron chi connectivity index (χ1n) is 14.4. The lowest BCUT2D eigenvalue weighted by Crippen LogP contribution is -2.29. The van der Waals surface area contributed by atoms with E-state index in [2.05, 4.69) is 16.8 Å². The molecule has 0 heterocycles. The van der Waals surface area contributed by atoms with E-state index in [4.69, 9.17) is 19.3 Å². The SMILES string of the molecule is CCCCCCCCCCCCCC(=O)O[C@H](COC(=O)CCCCCCCNC(C)=O)COP(=O)(O)O. The van der Waals surface area contributed by atoms with E-state index in [9.17, 15) is 18.9 Å². The van der Waals surface area contributed by atoms with Crippen LogP contribution in [0, 0.1) is 0 Å². The summed E-state index contributed by atoms with van der Waals surface area (Å²) in [4.78, 5) is 53.0. The van der Waals surface area contributed by atoms with E-state index in [1.165, 1.54) is 51.9 Å². The fraction of sp³-hybridized carbons (Fsp3) is 0.889. The molecule has 224 valence electrons. The number of carbonyl (C=O) groups is 3. The van der Waals surface area contributed by atoms with Crippen LogP contribution in [0.1, 0.15) is 129 Å². The van der Waals surface area contributed by atoms with Crippen LogP contribution in [0.25, 0.3) is 0 Å². The normalized spacial score (nSPS) is 12.2. The van der Waals surface area contributed by atoms with E-state index in [0.29, 0.717) is 19.4 Å². The number of hydrogen-bond donors (Lipinski definition) is 3. The zero-order chi connectivity index (χ0) is 28.5. The third kappa shape index (κ3) is 27.6. The van der Waals surface area contributed by atoms with Gasteiger partial charge in [0.15, 0.2) is 6.10 Å². The van der Waals surface area contributed by atoms with Gasteiger partial charge in [-0.2, -0.15) is 0 Å². The predicted octanol–water partition coefficient (Wildman–Crippen LogP) is 5.73. The molecule has 0 aliphatic rings. The van der Waals surface area contributed by atoms with Crippen molar-refractivity contribution in [2.45, 2.75) is 136 Å². The third-order valence-corrected chi connectivity index (χ3v) is 6.56. The van der Waals surface area contributed by atoms with Crippen LogP contribution in [0.3, 0.4) is 0 Å². The molecule has 1 atom stereocenters. The first-order chi connectivity index (χ1) is 18.1. The summed E-state index contributed by atoms with van der Waals surface area (Å²) in [5.41, 5.74) is 0. The first kappa shape index (κ1) is 36.5. The van der Waals surface area contributed by atoms with Gasteiger partial charge in [-0.05, 0) is 19.3 Å². The molecular formula is C27H52NO9P. The minimum absolute atomic E-state index is 0.0444. The molecule has 0 aliphatic carbocycles. The molecule has 0 saturated carbocycles. The molecular weight excluding hydrogens is 513 g/mol. The van der Waals surface area contributed by atoms with Gasteiger partial charge in [0.05, 0.1) is 6.61 Å². The molecule has 0 saturated heterocycles. The standard InChI is InChI=1S/C27H52NO9P/c1-3-4-5-6-7-8-9-10-11-13-17-20-27(31)37-25(23-36-38(32,33)34)22-35-26(30)19-16-14-12-15-18-21-28-24(2)29/h25H,3-23H2,1-2H3,(H,28,29)(H2,32,33,34)/t25-/m1/s1. The van der Waals surface area contributed by atoms with Crippen molar-refractivity contribution >= 4 is 25.7 Å². The largest absolute Gasteiger partial charge is 0.469 e. The molecule has 0 aromatic rings. The minimum atomic E-state index is -4.75. The van der Waals surface area contributed by atoms with Gasteiger partial charge in [-0.15, -0.1) is 0 Å². The summed E-state index contributed by atoms with van der Waals surface area (Å²) < 4.78 is 25.9. The number of unbranched alkanes of at least 4 members (excludes halogenated alkanes) is 14. The van der Waals surface area contributed by atoms with E-state index < -0.39 is 32.5 Å². The maximum Gasteiger partial charge on any atom is 0.469 e. The van der Waals surface area contributed by atoms with E-state index in [1.807, 2.05) is 0 Å². The Hall–Kier alpha value is -1.48. The molecule has 3 N–H and O–H groups in total. The number of hydrogen-bond acceptors (Lipinski definition) is 7. The zero-order valence-corrected chi connectivity index (χ0v) is 24.5. The Balaban J connectivity index is 4.07. The van der Waals surface area contributed by atoms with E-state index >= 15 is 0 Å². The summed E-state index contributed by atoms with van der Waals surface area (Å²) >= 11 is 0. The fourth-order valence-electron chi connectivity index (χ4n) is 3.92. The van der Waals surface area contributed by atoms with Crippen LogP contribution in [0.5, 0.6) is 0 Å². The van der Waals surface area contributed by atoms with Crippen LogP contribution in [0.15, 0.2) is 0 Å². The Morgan fingerprint density at radius 2 is 1.18 bits per heavy atom. The average Bonchev–Trinajstić information content (AvgIpc) is 2.85. The Morgan fingerprint density at radius 3 is 1.68 bits per heavy atom. The van der Waals surface area contributed by atoms with Crippen molar-refractivity contribution in [3.63, 3.8) is 0 Å². The van der Waals surface area contributed by atoms with E-state index in [0.717, 1.165) is 44.9 Å². The number of nitrogens with one attached hydrogen (secondary N) is 1. The molecule has 0 spiro atoms. The molecule has 0 aromatic heterocycles.